The fraction of sp³-hybridized carbons (Fsp3) is 0.350. The Morgan fingerprint density at radius 2 is 2.07 bits per heavy atom. The molecule has 2 aromatic heterocycles. The van der Waals surface area contributed by atoms with Gasteiger partial charge in [0.2, 0.25) is 5.91 Å². The van der Waals surface area contributed by atoms with E-state index in [-0.39, 0.29) is 17.6 Å². The molecule has 1 aliphatic heterocycles. The molecule has 0 atom stereocenters. The first-order chi connectivity index (χ1) is 13.2. The summed E-state index contributed by atoms with van der Waals surface area (Å²) in [4.78, 5) is 24.3. The van der Waals surface area contributed by atoms with Crippen LogP contribution >= 0.6 is 11.3 Å². The lowest BCUT2D eigenvalue weighted by atomic mass is 9.95. The van der Waals surface area contributed by atoms with Gasteiger partial charge in [-0.05, 0) is 42.8 Å². The van der Waals surface area contributed by atoms with Crippen molar-refractivity contribution >= 4 is 34.0 Å². The molecular weight excluding hydrogens is 363 g/mol. The Morgan fingerprint density at radius 3 is 2.85 bits per heavy atom. The van der Waals surface area contributed by atoms with E-state index < -0.39 is 0 Å². The summed E-state index contributed by atoms with van der Waals surface area (Å²) in [5.74, 6) is 0.562. The molecule has 1 amide bonds. The number of thiophene rings is 1. The predicted molar refractivity (Wildman–Crippen MR) is 105 cm³/mol. The largest absolute Gasteiger partial charge is 0.356 e. The summed E-state index contributed by atoms with van der Waals surface area (Å²) in [6.07, 6.45) is 3.82. The fourth-order valence-corrected chi connectivity index (χ4v) is 4.26. The fourth-order valence-electron chi connectivity index (χ4n) is 3.55. The monoisotopic (exact) mass is 384 g/mol. The second-order valence-corrected chi connectivity index (χ2v) is 7.75. The summed E-state index contributed by atoms with van der Waals surface area (Å²) in [5.41, 5.74) is 0.343. The van der Waals surface area contributed by atoms with Crippen LogP contribution in [0.1, 0.15) is 17.7 Å². The van der Waals surface area contributed by atoms with Crippen LogP contribution in [0.25, 0.3) is 10.9 Å². The summed E-state index contributed by atoms with van der Waals surface area (Å²) < 4.78 is 14.0. The van der Waals surface area contributed by atoms with Gasteiger partial charge in [0, 0.05) is 35.8 Å². The van der Waals surface area contributed by atoms with Crippen molar-refractivity contribution < 1.29 is 9.18 Å². The van der Waals surface area contributed by atoms with Gasteiger partial charge in [-0.25, -0.2) is 14.4 Å². The maximum Gasteiger partial charge on any atom is 0.223 e. The maximum atomic E-state index is 14.0. The maximum absolute atomic E-state index is 14.0. The summed E-state index contributed by atoms with van der Waals surface area (Å²) in [6, 6.07) is 9.05. The minimum atomic E-state index is -0.337. The number of carbonyl (C=O) groups excluding carboxylic acids is 1. The minimum Gasteiger partial charge on any atom is -0.356 e. The number of amides is 1. The highest BCUT2D eigenvalue weighted by Gasteiger charge is 2.26. The van der Waals surface area contributed by atoms with Crippen LogP contribution in [0.5, 0.6) is 0 Å². The average Bonchev–Trinajstić information content (AvgIpc) is 3.21. The molecule has 1 aliphatic rings. The van der Waals surface area contributed by atoms with Crippen molar-refractivity contribution in [1.29, 1.82) is 0 Å². The van der Waals surface area contributed by atoms with Crippen molar-refractivity contribution in [3.63, 3.8) is 0 Å². The molecule has 1 saturated heterocycles. The number of piperidine rings is 1. The van der Waals surface area contributed by atoms with E-state index in [4.69, 9.17) is 0 Å². The molecule has 7 heteroatoms. The smallest absolute Gasteiger partial charge is 0.223 e. The zero-order valence-electron chi connectivity index (χ0n) is 14.9. The average molecular weight is 384 g/mol. The molecule has 0 unspecified atom stereocenters. The van der Waals surface area contributed by atoms with Crippen molar-refractivity contribution in [3.8, 4) is 0 Å². The minimum absolute atomic E-state index is 0.0226. The Balaban J connectivity index is 1.35. The standard InChI is InChI=1S/C20H21FN4OS/c21-17-5-1-4-16-18(17)23-13-24-19(16)25-10-7-14(8-11-25)20(26)22-9-6-15-3-2-12-27-15/h1-5,12-14H,6-11H2,(H,22,26). The van der Waals surface area contributed by atoms with Crippen molar-refractivity contribution in [2.45, 2.75) is 19.3 Å². The number of benzene rings is 1. The second kappa shape index (κ2) is 8.00. The van der Waals surface area contributed by atoms with Crippen LogP contribution in [0.2, 0.25) is 0 Å². The molecule has 0 bridgehead atoms. The number of para-hydroxylation sites is 1. The molecule has 27 heavy (non-hydrogen) atoms. The zero-order valence-corrected chi connectivity index (χ0v) is 15.7. The van der Waals surface area contributed by atoms with Crippen LogP contribution in [0.15, 0.2) is 42.0 Å². The molecule has 3 aromatic rings. The molecule has 0 saturated carbocycles. The number of carbonyl (C=O) groups is 1. The van der Waals surface area contributed by atoms with Gasteiger partial charge in [0.1, 0.15) is 23.5 Å². The lowest BCUT2D eigenvalue weighted by molar-refractivity contribution is -0.125. The van der Waals surface area contributed by atoms with Gasteiger partial charge in [-0.2, -0.15) is 0 Å². The first-order valence-corrected chi connectivity index (χ1v) is 10.0. The summed E-state index contributed by atoms with van der Waals surface area (Å²) >= 11 is 1.71. The zero-order chi connectivity index (χ0) is 18.6. The van der Waals surface area contributed by atoms with Gasteiger partial charge in [-0.3, -0.25) is 4.79 Å². The normalized spacial score (nSPS) is 15.2. The first-order valence-electron chi connectivity index (χ1n) is 9.16. The first kappa shape index (κ1) is 17.9. The Morgan fingerprint density at radius 1 is 1.22 bits per heavy atom. The molecule has 1 fully saturated rings. The van der Waals surface area contributed by atoms with Crippen LogP contribution in [0.4, 0.5) is 10.2 Å². The molecule has 1 aromatic carbocycles. The molecule has 0 spiro atoms. The number of rotatable bonds is 5. The van der Waals surface area contributed by atoms with Gasteiger partial charge in [0.05, 0.1) is 0 Å². The Hall–Kier alpha value is -2.54. The number of nitrogens with zero attached hydrogens (tertiary/aromatic N) is 3. The van der Waals surface area contributed by atoms with Crippen LogP contribution in [-0.4, -0.2) is 35.5 Å². The van der Waals surface area contributed by atoms with E-state index in [9.17, 15) is 9.18 Å². The molecule has 3 heterocycles. The van der Waals surface area contributed by atoms with Crippen molar-refractivity contribution in [2.75, 3.05) is 24.5 Å². The molecule has 5 nitrogen and oxygen atoms in total. The van der Waals surface area contributed by atoms with Gasteiger partial charge in [-0.15, -0.1) is 11.3 Å². The van der Waals surface area contributed by atoms with E-state index in [0.717, 1.165) is 43.6 Å². The van der Waals surface area contributed by atoms with E-state index in [1.54, 1.807) is 17.4 Å². The second-order valence-electron chi connectivity index (χ2n) is 6.71. The lowest BCUT2D eigenvalue weighted by Crippen LogP contribution is -2.41. The highest BCUT2D eigenvalue weighted by Crippen LogP contribution is 2.28. The van der Waals surface area contributed by atoms with Gasteiger partial charge in [-0.1, -0.05) is 12.1 Å². The number of hydrogen-bond acceptors (Lipinski definition) is 5. The molecule has 4 rings (SSSR count). The van der Waals surface area contributed by atoms with E-state index in [1.807, 2.05) is 12.1 Å². The van der Waals surface area contributed by atoms with Gasteiger partial charge in [0.25, 0.3) is 0 Å². The third-order valence-corrected chi connectivity index (χ3v) is 5.95. The molecule has 0 radical (unpaired) electrons. The van der Waals surface area contributed by atoms with Crippen molar-refractivity contribution in [3.05, 3.63) is 52.7 Å². The van der Waals surface area contributed by atoms with Crippen molar-refractivity contribution in [2.24, 2.45) is 5.92 Å². The SMILES string of the molecule is O=C(NCCc1cccs1)C1CCN(c2ncnc3c(F)cccc23)CC1. The van der Waals surface area contributed by atoms with Gasteiger partial charge in [0.15, 0.2) is 0 Å². The molecular formula is C20H21FN4OS. The highest BCUT2D eigenvalue weighted by atomic mass is 32.1. The number of hydrogen-bond donors (Lipinski definition) is 1. The summed E-state index contributed by atoms with van der Waals surface area (Å²) in [7, 11) is 0. The Kier molecular flexibility index (Phi) is 5.29. The van der Waals surface area contributed by atoms with Crippen LogP contribution < -0.4 is 10.2 Å². The Bertz CT molecular complexity index is 923. The van der Waals surface area contributed by atoms with Crippen LogP contribution in [-0.2, 0) is 11.2 Å². The summed E-state index contributed by atoms with van der Waals surface area (Å²) in [6.45, 7) is 2.13. The number of halogens is 1. The number of anilines is 1. The molecule has 1 N–H and O–H groups in total. The quantitative estimate of drug-likeness (QED) is 0.732. The van der Waals surface area contributed by atoms with Gasteiger partial charge < -0.3 is 10.2 Å². The number of nitrogens with one attached hydrogen (secondary N) is 1. The van der Waals surface area contributed by atoms with Crippen LogP contribution in [0.3, 0.4) is 0 Å². The summed E-state index contributed by atoms with van der Waals surface area (Å²) in [5, 5.41) is 5.83. The van der Waals surface area contributed by atoms with Crippen molar-refractivity contribution in [1.82, 2.24) is 15.3 Å². The molecule has 140 valence electrons. The van der Waals surface area contributed by atoms with E-state index in [0.29, 0.717) is 12.1 Å². The topological polar surface area (TPSA) is 58.1 Å². The molecule has 0 aliphatic carbocycles. The van der Waals surface area contributed by atoms with Gasteiger partial charge >= 0.3 is 0 Å². The lowest BCUT2D eigenvalue weighted by Gasteiger charge is -2.32. The number of fused-ring (bicyclic) bond motifs is 1. The Labute approximate surface area is 161 Å². The predicted octanol–water partition coefficient (Wildman–Crippen LogP) is 3.41. The number of aromatic nitrogens is 2. The highest BCUT2D eigenvalue weighted by molar-refractivity contribution is 7.09. The van der Waals surface area contributed by atoms with E-state index in [1.165, 1.54) is 17.3 Å². The van der Waals surface area contributed by atoms with Crippen LogP contribution in [0, 0.1) is 11.7 Å². The third-order valence-electron chi connectivity index (χ3n) is 5.01. The third kappa shape index (κ3) is 3.93. The van der Waals surface area contributed by atoms with E-state index in [2.05, 4.69) is 31.6 Å². The van der Waals surface area contributed by atoms with E-state index >= 15 is 0 Å².